The second-order valence-electron chi connectivity index (χ2n) is 3.74. The second kappa shape index (κ2) is 12.6. The van der Waals surface area contributed by atoms with Crippen LogP contribution in [0, 0.1) is 12.8 Å². The van der Waals surface area contributed by atoms with E-state index >= 15 is 0 Å². The molecular formula is C10H6F12O6Zn. The van der Waals surface area contributed by atoms with Gasteiger partial charge in [0.05, 0.1) is 0 Å². The number of ketones is 4. The molecule has 0 aromatic heterocycles. The summed E-state index contributed by atoms with van der Waals surface area (Å²) in [5.74, 6) is -11.3. The zero-order valence-electron chi connectivity index (χ0n) is 13.0. The van der Waals surface area contributed by atoms with E-state index in [4.69, 9.17) is 0 Å². The molecule has 0 amide bonds. The smallest absolute Gasteiger partial charge is 0.412 e. The molecule has 0 aliphatic carbocycles. The van der Waals surface area contributed by atoms with Crippen LogP contribution < -0.4 is 0 Å². The number of carbonyl (C=O) groups excluding carboxylic acids is 4. The van der Waals surface area contributed by atoms with Crippen molar-refractivity contribution in [3.05, 3.63) is 12.8 Å². The summed E-state index contributed by atoms with van der Waals surface area (Å²) in [5.41, 5.74) is 0. The maximum Gasteiger partial charge on any atom is 2.00 e. The Bertz CT molecular complexity index is 461. The van der Waals surface area contributed by atoms with Gasteiger partial charge in [0, 0.05) is 0 Å². The Morgan fingerprint density at radius 1 is 0.414 bits per heavy atom. The van der Waals surface area contributed by atoms with Gasteiger partial charge in [-0.15, -0.1) is 0 Å². The molecule has 0 atom stereocenters. The van der Waals surface area contributed by atoms with E-state index in [1.165, 1.54) is 0 Å². The summed E-state index contributed by atoms with van der Waals surface area (Å²) in [5, 5.41) is 0. The van der Waals surface area contributed by atoms with E-state index in [1.807, 2.05) is 0 Å². The van der Waals surface area contributed by atoms with Crippen molar-refractivity contribution < 1.29 is 102 Å². The second-order valence-corrected chi connectivity index (χ2v) is 3.74. The van der Waals surface area contributed by atoms with E-state index in [9.17, 15) is 71.9 Å². The number of hydrogen-bond acceptors (Lipinski definition) is 4. The van der Waals surface area contributed by atoms with Gasteiger partial charge >= 0.3 is 44.2 Å². The number of hydrogen-bond donors (Lipinski definition) is 0. The summed E-state index contributed by atoms with van der Waals surface area (Å²) in [7, 11) is 0. The monoisotopic (exact) mass is 514 g/mol. The third kappa shape index (κ3) is 16.8. The zero-order chi connectivity index (χ0) is 21.7. The standard InChI is InChI=1S/2C5HF6O2.2H2O.Zn/c2*6-4(7,8)2(12)1-3(13)5(9,10)11;;;/h2*1H;2*1H2;/q2*-1;;;+2. The van der Waals surface area contributed by atoms with Gasteiger partial charge in [-0.25, -0.2) is 12.8 Å². The Labute approximate surface area is 164 Å². The van der Waals surface area contributed by atoms with Crippen LogP contribution in [0.25, 0.3) is 0 Å². The molecule has 29 heavy (non-hydrogen) atoms. The molecule has 4 N–H and O–H groups in total. The van der Waals surface area contributed by atoms with Crippen LogP contribution in [0.1, 0.15) is 0 Å². The number of halogens is 12. The zero-order valence-corrected chi connectivity index (χ0v) is 16.0. The Balaban J connectivity index is -0.000000120. The molecule has 0 unspecified atom stereocenters. The topological polar surface area (TPSA) is 131 Å². The van der Waals surface area contributed by atoms with Gasteiger partial charge in [0.15, 0.2) is 0 Å². The molecule has 0 bridgehead atoms. The Kier molecular flexibility index (Phi) is 16.5. The number of rotatable bonds is 4. The van der Waals surface area contributed by atoms with E-state index in [1.54, 1.807) is 0 Å². The molecule has 168 valence electrons. The number of alkyl halides is 12. The van der Waals surface area contributed by atoms with Crippen LogP contribution in [-0.4, -0.2) is 58.8 Å². The molecule has 0 aliphatic rings. The summed E-state index contributed by atoms with van der Waals surface area (Å²) < 4.78 is 136. The summed E-state index contributed by atoms with van der Waals surface area (Å²) in [6.07, 6.45) is -23.9. The van der Waals surface area contributed by atoms with Crippen molar-refractivity contribution in [2.45, 2.75) is 24.7 Å². The predicted octanol–water partition coefficient (Wildman–Crippen LogP) is 1.26. The SMILES string of the molecule is O.O.O=C([CH-]C(=O)C(F)(F)F)C(F)(F)F.O=C([CH-]C(=O)C(F)(F)F)C(F)(F)F.[Zn+2]. The Morgan fingerprint density at radius 3 is 0.586 bits per heavy atom. The van der Waals surface area contributed by atoms with Gasteiger partial charge in [-0.1, -0.05) is 0 Å². The van der Waals surface area contributed by atoms with E-state index in [2.05, 4.69) is 0 Å². The number of carbonyl (C=O) groups is 4. The van der Waals surface area contributed by atoms with Gasteiger partial charge < -0.3 is 30.1 Å². The largest absolute Gasteiger partial charge is 2.00 e. The predicted molar refractivity (Wildman–Crippen MR) is 60.1 cm³/mol. The summed E-state index contributed by atoms with van der Waals surface area (Å²) >= 11 is 0. The molecule has 0 aromatic rings. The molecule has 19 heteroatoms. The van der Waals surface area contributed by atoms with Crippen LogP contribution in [-0.2, 0) is 38.7 Å². The fourth-order valence-electron chi connectivity index (χ4n) is 0.565. The maximum absolute atomic E-state index is 11.3. The molecule has 0 fully saturated rings. The van der Waals surface area contributed by atoms with Gasteiger partial charge in [-0.2, -0.15) is 52.7 Å². The van der Waals surface area contributed by atoms with Crippen LogP contribution in [0.2, 0.25) is 0 Å². The van der Waals surface area contributed by atoms with Crippen molar-refractivity contribution in [2.24, 2.45) is 0 Å². The minimum absolute atomic E-state index is 0. The first-order chi connectivity index (χ1) is 11.1. The van der Waals surface area contributed by atoms with Gasteiger partial charge in [-0.05, 0) is 0 Å². The molecule has 0 spiro atoms. The molecule has 0 saturated carbocycles. The van der Waals surface area contributed by atoms with E-state index in [0.717, 1.165) is 0 Å². The average molecular weight is 516 g/mol. The molecule has 0 heterocycles. The first-order valence-corrected chi connectivity index (χ1v) is 5.24. The maximum atomic E-state index is 11.3. The summed E-state index contributed by atoms with van der Waals surface area (Å²) in [6.45, 7) is 0. The first-order valence-electron chi connectivity index (χ1n) is 5.24. The van der Waals surface area contributed by atoms with E-state index < -0.39 is 60.7 Å². The minimum atomic E-state index is -5.46. The molecule has 0 saturated heterocycles. The molecule has 0 aromatic carbocycles. The first kappa shape index (κ1) is 37.8. The molecule has 6 nitrogen and oxygen atoms in total. The van der Waals surface area contributed by atoms with Gasteiger partial charge in [-0.3, -0.25) is 0 Å². The van der Waals surface area contributed by atoms with Gasteiger partial charge in [0.2, 0.25) is 0 Å². The Morgan fingerprint density at radius 2 is 0.517 bits per heavy atom. The molecule has 0 radical (unpaired) electrons. The fraction of sp³-hybridized carbons (Fsp3) is 0.400. The van der Waals surface area contributed by atoms with Crippen LogP contribution in [0.5, 0.6) is 0 Å². The third-order valence-corrected chi connectivity index (χ3v) is 1.64. The van der Waals surface area contributed by atoms with E-state index in [-0.39, 0.29) is 30.4 Å². The van der Waals surface area contributed by atoms with Gasteiger partial charge in [0.1, 0.15) is 23.1 Å². The van der Waals surface area contributed by atoms with Crippen molar-refractivity contribution >= 4 is 23.1 Å². The van der Waals surface area contributed by atoms with Gasteiger partial charge in [0.25, 0.3) is 0 Å². The fourth-order valence-corrected chi connectivity index (χ4v) is 0.565. The van der Waals surface area contributed by atoms with Crippen LogP contribution in [0.15, 0.2) is 0 Å². The quantitative estimate of drug-likeness (QED) is 0.241. The Hall–Kier alpha value is -1.88. The number of Topliss-reactive ketones (excluding diaryl/α,β-unsaturated/α-hetero) is 4. The van der Waals surface area contributed by atoms with Crippen LogP contribution in [0.3, 0.4) is 0 Å². The minimum Gasteiger partial charge on any atom is -0.412 e. The van der Waals surface area contributed by atoms with Crippen LogP contribution in [0.4, 0.5) is 52.7 Å². The van der Waals surface area contributed by atoms with Crippen molar-refractivity contribution in [2.75, 3.05) is 0 Å². The van der Waals surface area contributed by atoms with Crippen molar-refractivity contribution in [1.29, 1.82) is 0 Å². The summed E-state index contributed by atoms with van der Waals surface area (Å²) in [4.78, 5) is 39.3. The van der Waals surface area contributed by atoms with Crippen molar-refractivity contribution in [3.8, 4) is 0 Å². The molecular weight excluding hydrogens is 509 g/mol. The van der Waals surface area contributed by atoms with Crippen molar-refractivity contribution in [3.63, 3.8) is 0 Å². The van der Waals surface area contributed by atoms with E-state index in [0.29, 0.717) is 0 Å². The molecule has 0 aliphatic heterocycles. The van der Waals surface area contributed by atoms with Crippen LogP contribution >= 0.6 is 0 Å². The van der Waals surface area contributed by atoms with Crippen molar-refractivity contribution in [1.82, 2.24) is 0 Å². The average Bonchev–Trinajstić information content (AvgIpc) is 2.34. The summed E-state index contributed by atoms with van der Waals surface area (Å²) in [6, 6.07) is 0. The third-order valence-electron chi connectivity index (χ3n) is 1.64. The normalized spacial score (nSPS) is 11.2. The molecule has 0 rings (SSSR count).